The van der Waals surface area contributed by atoms with E-state index in [4.69, 9.17) is 4.98 Å². The molecule has 1 nitrogen and oxygen atoms in total. The van der Waals surface area contributed by atoms with Crippen molar-refractivity contribution >= 4 is 10.8 Å². The number of hydrogen-bond donors (Lipinski definition) is 0. The van der Waals surface area contributed by atoms with E-state index in [1.807, 2.05) is 6.20 Å². The fraction of sp³-hybridized carbons (Fsp3) is 0.250. The van der Waals surface area contributed by atoms with Crippen molar-refractivity contribution in [3.63, 3.8) is 0 Å². The minimum absolute atomic E-state index is 0.645. The molecule has 0 fully saturated rings. The van der Waals surface area contributed by atoms with E-state index in [0.717, 1.165) is 18.5 Å². The first-order chi connectivity index (χ1) is 14.0. The lowest BCUT2D eigenvalue weighted by Gasteiger charge is -2.15. The van der Waals surface area contributed by atoms with Crippen molar-refractivity contribution in [1.29, 1.82) is 0 Å². The van der Waals surface area contributed by atoms with E-state index < -0.39 is 0 Å². The Morgan fingerprint density at radius 1 is 0.862 bits per heavy atom. The van der Waals surface area contributed by atoms with E-state index in [1.54, 1.807) is 0 Å². The fourth-order valence-electron chi connectivity index (χ4n) is 4.83. The third kappa shape index (κ3) is 3.06. The SMILES string of the molecule is Cc1cc2c(c(-c3ncc(C)c4ccc(CC(C)C)cc34)c1)Cc1ccccc1-2. The van der Waals surface area contributed by atoms with Crippen LogP contribution in [0.2, 0.25) is 0 Å². The molecule has 0 N–H and O–H groups in total. The summed E-state index contributed by atoms with van der Waals surface area (Å²) in [6.45, 7) is 8.93. The van der Waals surface area contributed by atoms with E-state index in [9.17, 15) is 0 Å². The molecule has 4 aromatic rings. The van der Waals surface area contributed by atoms with Gasteiger partial charge in [-0.15, -0.1) is 0 Å². The maximum Gasteiger partial charge on any atom is 0.0783 e. The molecule has 0 unspecified atom stereocenters. The van der Waals surface area contributed by atoms with E-state index >= 15 is 0 Å². The summed E-state index contributed by atoms with van der Waals surface area (Å²) in [6.07, 6.45) is 4.13. The zero-order valence-electron chi connectivity index (χ0n) is 17.7. The van der Waals surface area contributed by atoms with Gasteiger partial charge in [0.1, 0.15) is 0 Å². The van der Waals surface area contributed by atoms with Gasteiger partial charge in [0.2, 0.25) is 0 Å². The highest BCUT2D eigenvalue weighted by Crippen LogP contribution is 2.43. The molecule has 0 saturated heterocycles. The number of fused-ring (bicyclic) bond motifs is 4. The van der Waals surface area contributed by atoms with Gasteiger partial charge in [-0.25, -0.2) is 0 Å². The molecule has 0 atom stereocenters. The Bertz CT molecular complexity index is 1250. The maximum atomic E-state index is 4.98. The largest absolute Gasteiger partial charge is 0.255 e. The molecule has 0 spiro atoms. The third-order valence-corrected chi connectivity index (χ3v) is 6.12. The lowest BCUT2D eigenvalue weighted by Crippen LogP contribution is -1.97. The second kappa shape index (κ2) is 6.84. The Hall–Kier alpha value is -2.93. The molecule has 1 aliphatic rings. The van der Waals surface area contributed by atoms with Gasteiger partial charge in [-0.1, -0.05) is 56.3 Å². The van der Waals surface area contributed by atoms with Crippen molar-refractivity contribution in [3.8, 4) is 22.4 Å². The van der Waals surface area contributed by atoms with Crippen LogP contribution in [0.15, 0.2) is 60.8 Å². The Morgan fingerprint density at radius 2 is 1.66 bits per heavy atom. The van der Waals surface area contributed by atoms with Crippen LogP contribution >= 0.6 is 0 Å². The summed E-state index contributed by atoms with van der Waals surface area (Å²) in [5.74, 6) is 0.645. The Kier molecular flexibility index (Phi) is 4.28. The van der Waals surface area contributed by atoms with E-state index in [1.165, 1.54) is 55.3 Å². The van der Waals surface area contributed by atoms with Crippen molar-refractivity contribution in [2.24, 2.45) is 5.92 Å². The van der Waals surface area contributed by atoms with Crippen molar-refractivity contribution < 1.29 is 0 Å². The average Bonchev–Trinajstić information content (AvgIpc) is 3.06. The Labute approximate surface area is 173 Å². The molecular weight excluding hydrogens is 350 g/mol. The lowest BCUT2D eigenvalue weighted by atomic mass is 9.91. The minimum Gasteiger partial charge on any atom is -0.255 e. The first-order valence-corrected chi connectivity index (χ1v) is 10.6. The number of rotatable bonds is 3. The van der Waals surface area contributed by atoms with Crippen LogP contribution < -0.4 is 0 Å². The van der Waals surface area contributed by atoms with Gasteiger partial charge in [0.15, 0.2) is 0 Å². The third-order valence-electron chi connectivity index (χ3n) is 6.12. The van der Waals surface area contributed by atoms with E-state index in [0.29, 0.717) is 5.92 Å². The number of benzene rings is 3. The molecule has 3 aromatic carbocycles. The van der Waals surface area contributed by atoms with Gasteiger partial charge in [0, 0.05) is 17.1 Å². The van der Waals surface area contributed by atoms with Gasteiger partial charge in [-0.05, 0) is 89.1 Å². The Morgan fingerprint density at radius 3 is 2.48 bits per heavy atom. The molecule has 144 valence electrons. The molecule has 29 heavy (non-hydrogen) atoms. The molecule has 1 heteroatoms. The second-order valence-electron chi connectivity index (χ2n) is 8.94. The molecule has 0 saturated carbocycles. The molecule has 1 aromatic heterocycles. The average molecular weight is 378 g/mol. The van der Waals surface area contributed by atoms with Gasteiger partial charge >= 0.3 is 0 Å². The molecular formula is C28H27N. The van der Waals surface area contributed by atoms with Crippen LogP contribution in [-0.2, 0) is 12.8 Å². The van der Waals surface area contributed by atoms with Crippen LogP contribution in [0.3, 0.4) is 0 Å². The molecule has 0 bridgehead atoms. The zero-order chi connectivity index (χ0) is 20.1. The minimum atomic E-state index is 0.645. The predicted molar refractivity (Wildman–Crippen MR) is 123 cm³/mol. The quantitative estimate of drug-likeness (QED) is 0.322. The zero-order valence-corrected chi connectivity index (χ0v) is 17.7. The van der Waals surface area contributed by atoms with Crippen LogP contribution in [0, 0.1) is 19.8 Å². The van der Waals surface area contributed by atoms with Crippen LogP contribution in [0.4, 0.5) is 0 Å². The fourth-order valence-corrected chi connectivity index (χ4v) is 4.83. The highest BCUT2D eigenvalue weighted by molar-refractivity contribution is 5.99. The maximum absolute atomic E-state index is 4.98. The van der Waals surface area contributed by atoms with Gasteiger partial charge < -0.3 is 0 Å². The predicted octanol–water partition coefficient (Wildman–Crippen LogP) is 7.29. The van der Waals surface area contributed by atoms with Gasteiger partial charge in [-0.3, -0.25) is 4.98 Å². The first-order valence-electron chi connectivity index (χ1n) is 10.6. The normalized spacial score (nSPS) is 12.4. The lowest BCUT2D eigenvalue weighted by molar-refractivity contribution is 0.648. The highest BCUT2D eigenvalue weighted by Gasteiger charge is 2.23. The number of aryl methyl sites for hydroxylation is 2. The van der Waals surface area contributed by atoms with Crippen molar-refractivity contribution in [2.45, 2.75) is 40.5 Å². The van der Waals surface area contributed by atoms with Gasteiger partial charge in [-0.2, -0.15) is 0 Å². The molecule has 1 aliphatic carbocycles. The van der Waals surface area contributed by atoms with Crippen molar-refractivity contribution in [1.82, 2.24) is 4.98 Å². The van der Waals surface area contributed by atoms with E-state index in [2.05, 4.69) is 82.3 Å². The standard InChI is InChI=1S/C28H27N/c1-17(2)11-20-9-10-22-19(4)16-29-28(27(22)14-20)26-13-18(3)12-24-23-8-6-5-7-21(23)15-25(24)26/h5-10,12-14,16-17H,11,15H2,1-4H3. The number of nitrogens with zero attached hydrogens (tertiary/aromatic N) is 1. The summed E-state index contributed by atoms with van der Waals surface area (Å²) in [7, 11) is 0. The summed E-state index contributed by atoms with van der Waals surface area (Å²) < 4.78 is 0. The van der Waals surface area contributed by atoms with Gasteiger partial charge in [0.05, 0.1) is 5.69 Å². The molecule has 0 amide bonds. The van der Waals surface area contributed by atoms with E-state index in [-0.39, 0.29) is 0 Å². The monoisotopic (exact) mass is 377 g/mol. The summed E-state index contributed by atoms with van der Waals surface area (Å²) >= 11 is 0. The van der Waals surface area contributed by atoms with Crippen molar-refractivity contribution in [3.05, 3.63) is 88.6 Å². The van der Waals surface area contributed by atoms with Crippen LogP contribution in [0.5, 0.6) is 0 Å². The topological polar surface area (TPSA) is 12.9 Å². The Balaban J connectivity index is 1.77. The number of aromatic nitrogens is 1. The summed E-state index contributed by atoms with van der Waals surface area (Å²) in [5, 5.41) is 2.60. The van der Waals surface area contributed by atoms with Crippen LogP contribution in [0.25, 0.3) is 33.2 Å². The number of hydrogen-bond acceptors (Lipinski definition) is 1. The summed E-state index contributed by atoms with van der Waals surface area (Å²) in [6, 6.07) is 20.4. The number of pyridine rings is 1. The molecule has 1 heterocycles. The highest BCUT2D eigenvalue weighted by atomic mass is 14.7. The second-order valence-corrected chi connectivity index (χ2v) is 8.94. The molecule has 0 radical (unpaired) electrons. The summed E-state index contributed by atoms with van der Waals surface area (Å²) in [4.78, 5) is 4.98. The van der Waals surface area contributed by atoms with Gasteiger partial charge in [0.25, 0.3) is 0 Å². The summed E-state index contributed by atoms with van der Waals surface area (Å²) in [5.41, 5.74) is 12.0. The first kappa shape index (κ1) is 18.1. The van der Waals surface area contributed by atoms with Crippen LogP contribution in [-0.4, -0.2) is 4.98 Å². The van der Waals surface area contributed by atoms with Crippen molar-refractivity contribution in [2.75, 3.05) is 0 Å². The smallest absolute Gasteiger partial charge is 0.0783 e. The molecule has 5 rings (SSSR count). The molecule has 0 aliphatic heterocycles. The van der Waals surface area contributed by atoms with Crippen LogP contribution in [0.1, 0.15) is 41.7 Å².